The van der Waals surface area contributed by atoms with Gasteiger partial charge in [0.05, 0.1) is 44.3 Å². The molecule has 12 heteroatoms. The summed E-state index contributed by atoms with van der Waals surface area (Å²) in [7, 11) is 0. The molecule has 4 atom stereocenters. The minimum absolute atomic E-state index is 0.165. The molecule has 334 valence electrons. The van der Waals surface area contributed by atoms with Gasteiger partial charge in [-0.2, -0.15) is 0 Å². The Kier molecular flexibility index (Phi) is 13.1. The third-order valence-corrected chi connectivity index (χ3v) is 14.2. The van der Waals surface area contributed by atoms with Gasteiger partial charge in [-0.25, -0.2) is 0 Å². The Morgan fingerprint density at radius 3 is 0.690 bits per heavy atom. The van der Waals surface area contributed by atoms with Crippen molar-refractivity contribution >= 4 is 0 Å². The van der Waals surface area contributed by atoms with Gasteiger partial charge in [-0.1, -0.05) is 20.3 Å². The van der Waals surface area contributed by atoms with Crippen molar-refractivity contribution < 1.29 is 39.8 Å². The zero-order chi connectivity index (χ0) is 43.7. The minimum Gasteiger partial charge on any atom is -0.486 e. The molecule has 0 aromatic heterocycles. The number of rotatable bonds is 8. The van der Waals surface area contributed by atoms with Crippen LogP contribution < -0.4 is 18.9 Å². The Bertz CT molecular complexity index is 1360. The zero-order valence-electron chi connectivity index (χ0n) is 39.4. The first-order chi connectivity index (χ1) is 26.3. The van der Waals surface area contributed by atoms with Crippen LogP contribution in [0.3, 0.4) is 0 Å². The Balaban J connectivity index is 1.62. The molecule has 4 aliphatic rings. The summed E-state index contributed by atoms with van der Waals surface area (Å²) < 4.78 is 28.5. The van der Waals surface area contributed by atoms with Crippen molar-refractivity contribution in [2.75, 3.05) is 0 Å². The fourth-order valence-corrected chi connectivity index (χ4v) is 10.8. The van der Waals surface area contributed by atoms with Crippen LogP contribution in [0.2, 0.25) is 0 Å². The van der Waals surface area contributed by atoms with Crippen molar-refractivity contribution in [3.05, 3.63) is 12.1 Å². The molecule has 0 saturated carbocycles. The van der Waals surface area contributed by atoms with Gasteiger partial charge >= 0.3 is 0 Å². The molecule has 4 aliphatic heterocycles. The molecule has 8 N–H and O–H groups in total. The van der Waals surface area contributed by atoms with E-state index in [1.54, 1.807) is 20.3 Å². The van der Waals surface area contributed by atoms with E-state index < -0.39 is 22.2 Å². The molecule has 4 heterocycles. The number of hydrogen-bond acceptors (Lipinski definition) is 8. The van der Waals surface area contributed by atoms with Crippen molar-refractivity contribution in [3.63, 3.8) is 0 Å². The Hall–Kier alpha value is -1.90. The van der Waals surface area contributed by atoms with Crippen LogP contribution in [0, 0.1) is 0 Å². The monoisotopic (exact) mass is 823 g/mol. The summed E-state index contributed by atoms with van der Waals surface area (Å²) in [5, 5.41) is 43.3. The van der Waals surface area contributed by atoms with Crippen LogP contribution in [0.4, 0.5) is 0 Å². The number of benzene rings is 1. The van der Waals surface area contributed by atoms with E-state index in [0.717, 1.165) is 51.4 Å². The van der Waals surface area contributed by atoms with Crippen molar-refractivity contribution in [3.8, 4) is 23.0 Å². The third-order valence-electron chi connectivity index (χ3n) is 14.2. The van der Waals surface area contributed by atoms with E-state index in [4.69, 9.17) is 39.8 Å². The highest BCUT2D eigenvalue weighted by molar-refractivity contribution is 5.55. The average molecular weight is 823 g/mol. The number of hydroxylamine groups is 8. The van der Waals surface area contributed by atoms with Crippen molar-refractivity contribution in [1.82, 2.24) is 20.3 Å². The largest absolute Gasteiger partial charge is 0.486 e. The van der Waals surface area contributed by atoms with E-state index in [1.165, 1.54) is 0 Å². The smallest absolute Gasteiger partial charge is 0.165 e. The van der Waals surface area contributed by atoms with Crippen LogP contribution in [0.15, 0.2) is 12.1 Å². The highest BCUT2D eigenvalue weighted by atomic mass is 16.6. The fourth-order valence-electron chi connectivity index (χ4n) is 10.8. The van der Waals surface area contributed by atoms with Gasteiger partial charge in [0.1, 0.15) is 24.4 Å². The maximum absolute atomic E-state index is 9.07. The first kappa shape index (κ1) is 47.2. The summed E-state index contributed by atoms with van der Waals surface area (Å²) in [5.74, 6) is 2.44. The van der Waals surface area contributed by atoms with Gasteiger partial charge in [0, 0.05) is 37.8 Å². The molecular weight excluding hydrogens is 737 g/mol. The van der Waals surface area contributed by atoms with E-state index in [1.807, 2.05) is 12.1 Å². The van der Waals surface area contributed by atoms with Crippen molar-refractivity contribution in [2.45, 2.75) is 257 Å². The maximum Gasteiger partial charge on any atom is 0.165 e. The first-order valence-electron chi connectivity index (χ1n) is 22.2. The number of hydrogen-bond donors (Lipinski definition) is 0. The van der Waals surface area contributed by atoms with Crippen LogP contribution in [0.1, 0.15) is 188 Å². The van der Waals surface area contributed by atoms with Gasteiger partial charge in [-0.3, -0.25) is 0 Å². The lowest BCUT2D eigenvalue weighted by atomic mass is 9.95. The van der Waals surface area contributed by atoms with Crippen LogP contribution in [0.5, 0.6) is 23.0 Å². The van der Waals surface area contributed by atoms with Crippen molar-refractivity contribution in [2.24, 2.45) is 0 Å². The molecule has 0 bridgehead atoms. The normalized spacial score (nSPS) is 32.5. The molecule has 1 aromatic rings. The Morgan fingerprint density at radius 2 is 0.517 bits per heavy atom. The standard InChI is InChI=1S/C46H82N4O8/c1-39(2)21-17-31(27-43(9,10)47(39)51)55-35-25-37(57-33-19-23-41(5,6)49(53)45(13,14)29-33)38(58-34-20-24-42(7,8)50(54)46(15,16)30-34)26-36(35)56-32-18-22-40(3,4)48(52)44(11,12)28-32/h25-26,31-34,51-54H,17-24,27-30H2,1-16H3/p+4. The molecule has 12 nitrogen and oxygen atoms in total. The van der Waals surface area contributed by atoms with E-state index in [-0.39, 0.29) is 46.6 Å². The molecule has 0 radical (unpaired) electrons. The number of nitrogens with zero attached hydrogens (tertiary/aromatic N) is 4. The summed E-state index contributed by atoms with van der Waals surface area (Å²) in [6, 6.07) is 4.00. The zero-order valence-corrected chi connectivity index (χ0v) is 39.4. The number of ether oxygens (including phenoxy) is 4. The van der Waals surface area contributed by atoms with E-state index in [2.05, 4.69) is 111 Å². The highest BCUT2D eigenvalue weighted by Gasteiger charge is 2.50. The Labute approximate surface area is 350 Å². The second-order valence-electron chi connectivity index (χ2n) is 23.5. The van der Waals surface area contributed by atoms with Gasteiger partial charge in [0.25, 0.3) is 0 Å². The van der Waals surface area contributed by atoms with Gasteiger partial charge in [0.2, 0.25) is 0 Å². The molecule has 1 aromatic carbocycles. The van der Waals surface area contributed by atoms with Crippen LogP contribution in [0.25, 0.3) is 0 Å². The molecule has 0 amide bonds. The molecule has 4 fully saturated rings. The minimum atomic E-state index is -0.421. The molecule has 0 aliphatic carbocycles. The topological polar surface area (TPSA) is 141 Å². The van der Waals surface area contributed by atoms with Gasteiger partial charge in [0.15, 0.2) is 23.0 Å². The van der Waals surface area contributed by atoms with Crippen LogP contribution in [-0.4, -0.2) is 110 Å². The molecule has 0 spiro atoms. The fraction of sp³-hybridized carbons (Fsp3) is 0.870. The van der Waals surface area contributed by atoms with E-state index in [9.17, 15) is 0 Å². The van der Waals surface area contributed by atoms with Crippen molar-refractivity contribution in [1.29, 1.82) is 0 Å². The molecular formula is C46H86N4O8+4. The first-order valence-corrected chi connectivity index (χ1v) is 22.2. The quantitative estimate of drug-likeness (QED) is 0.247. The summed E-state index contributed by atoms with van der Waals surface area (Å²) in [5.41, 5.74) is -2.93. The predicted octanol–water partition coefficient (Wildman–Crippen LogP) is 7.41. The second kappa shape index (κ2) is 16.1. The Morgan fingerprint density at radius 1 is 0.345 bits per heavy atom. The maximum atomic E-state index is 9.07. The van der Waals surface area contributed by atoms with Crippen LogP contribution in [-0.2, 0) is 0 Å². The average Bonchev–Trinajstić information content (AvgIpc) is 3.31. The molecule has 4 saturated heterocycles. The lowest BCUT2D eigenvalue weighted by Crippen LogP contribution is -2.52. The van der Waals surface area contributed by atoms with Gasteiger partial charge in [-0.15, -0.1) is 0 Å². The lowest BCUT2D eigenvalue weighted by molar-refractivity contribution is -0.222. The third kappa shape index (κ3) is 10.2. The molecule has 4 unspecified atom stereocenters. The predicted molar refractivity (Wildman–Crippen MR) is 234 cm³/mol. The summed E-state index contributed by atoms with van der Waals surface area (Å²) in [4.78, 5) is 0. The summed E-state index contributed by atoms with van der Waals surface area (Å²) >= 11 is 0. The van der Waals surface area contributed by atoms with E-state index in [0.29, 0.717) is 48.7 Å². The summed E-state index contributed by atoms with van der Waals surface area (Å²) in [6.07, 6.45) is 8.46. The SMILES string of the molecule is CC1(C)CCC(Oc2cc(OC3CCC(C)(C)N([OH2+])C(C)(C)C3)c(OC3CCC(C)(C)N([OH2+])C(C)(C)C3)cc2OC2CCC(C)(C)N([OH2+])C(C)(C)C2)CC(C)(C)N1[OH2+]. The van der Waals surface area contributed by atoms with E-state index >= 15 is 0 Å². The summed E-state index contributed by atoms with van der Waals surface area (Å²) in [6.45, 7) is 34.2. The molecule has 58 heavy (non-hydrogen) atoms. The van der Waals surface area contributed by atoms with Gasteiger partial charge < -0.3 is 39.8 Å². The molecule has 5 rings (SSSR count). The second-order valence-corrected chi connectivity index (χ2v) is 23.5. The van der Waals surface area contributed by atoms with Crippen LogP contribution >= 0.6 is 0 Å². The lowest BCUT2D eigenvalue weighted by Gasteiger charge is -2.38. The highest BCUT2D eigenvalue weighted by Crippen LogP contribution is 2.48. The van der Waals surface area contributed by atoms with Gasteiger partial charge in [-0.05, 0) is 162 Å².